The summed E-state index contributed by atoms with van der Waals surface area (Å²) in [7, 11) is 0. The Hall–Kier alpha value is -1.10. The van der Waals surface area contributed by atoms with Crippen molar-refractivity contribution in [2.45, 2.75) is 40.0 Å². The molecule has 0 aromatic carbocycles. The first-order chi connectivity index (χ1) is 9.47. The van der Waals surface area contributed by atoms with Gasteiger partial charge in [-0.2, -0.15) is 0 Å². The van der Waals surface area contributed by atoms with Gasteiger partial charge < -0.3 is 16.0 Å². The Kier molecular flexibility index (Phi) is 6.99. The number of nitrogens with zero attached hydrogens (tertiary/aromatic N) is 1. The first kappa shape index (κ1) is 17.0. The number of carbonyl (C=O) groups excluding carboxylic acids is 2. The van der Waals surface area contributed by atoms with Crippen molar-refractivity contribution in [2.75, 3.05) is 26.2 Å². The lowest BCUT2D eigenvalue weighted by molar-refractivity contribution is -0.142. The summed E-state index contributed by atoms with van der Waals surface area (Å²) in [6, 6.07) is 0. The van der Waals surface area contributed by atoms with Crippen LogP contribution in [0.25, 0.3) is 0 Å². The van der Waals surface area contributed by atoms with Crippen LogP contribution in [-0.4, -0.2) is 42.9 Å². The van der Waals surface area contributed by atoms with Gasteiger partial charge in [0.05, 0.1) is 0 Å². The van der Waals surface area contributed by atoms with E-state index in [2.05, 4.69) is 19.2 Å². The average molecular weight is 283 g/mol. The molecule has 116 valence electrons. The molecule has 5 heteroatoms. The van der Waals surface area contributed by atoms with Crippen molar-refractivity contribution >= 4 is 11.8 Å². The van der Waals surface area contributed by atoms with E-state index in [1.165, 1.54) is 0 Å². The third-order valence-corrected chi connectivity index (χ3v) is 3.92. The number of hydrogen-bond donors (Lipinski definition) is 2. The van der Waals surface area contributed by atoms with Crippen molar-refractivity contribution in [3.63, 3.8) is 0 Å². The van der Waals surface area contributed by atoms with Crippen LogP contribution in [0.15, 0.2) is 0 Å². The fourth-order valence-electron chi connectivity index (χ4n) is 2.92. The highest BCUT2D eigenvalue weighted by molar-refractivity contribution is 5.87. The smallest absolute Gasteiger partial charge is 0.226 e. The van der Waals surface area contributed by atoms with Crippen molar-refractivity contribution in [2.24, 2.45) is 23.5 Å². The number of piperazine rings is 1. The standard InChI is InChI=1S/C15H29N3O2/c1-4-5-12(14(16)19)13(10-11(2)3)15(20)18-8-6-17-7-9-18/h11-13,17H,4-10H2,1-3H3,(H2,16,19)/t12-,13+/m0/s1. The molecule has 3 N–H and O–H groups in total. The van der Waals surface area contributed by atoms with E-state index in [-0.39, 0.29) is 23.7 Å². The molecule has 0 aromatic heterocycles. The molecule has 1 rings (SSSR count). The van der Waals surface area contributed by atoms with E-state index in [0.29, 0.717) is 12.3 Å². The summed E-state index contributed by atoms with van der Waals surface area (Å²) in [6.07, 6.45) is 2.30. The lowest BCUT2D eigenvalue weighted by atomic mass is 9.81. The predicted molar refractivity (Wildman–Crippen MR) is 80.0 cm³/mol. The van der Waals surface area contributed by atoms with Crippen molar-refractivity contribution < 1.29 is 9.59 Å². The maximum atomic E-state index is 12.7. The molecule has 2 atom stereocenters. The number of nitrogens with two attached hydrogens (primary N) is 1. The monoisotopic (exact) mass is 283 g/mol. The van der Waals surface area contributed by atoms with E-state index >= 15 is 0 Å². The summed E-state index contributed by atoms with van der Waals surface area (Å²) < 4.78 is 0. The van der Waals surface area contributed by atoms with Gasteiger partial charge in [0.25, 0.3) is 0 Å². The van der Waals surface area contributed by atoms with Gasteiger partial charge in [-0.1, -0.05) is 27.2 Å². The molecule has 1 aliphatic heterocycles. The number of hydrogen-bond acceptors (Lipinski definition) is 3. The molecular weight excluding hydrogens is 254 g/mol. The quantitative estimate of drug-likeness (QED) is 0.731. The van der Waals surface area contributed by atoms with E-state index in [0.717, 1.165) is 39.0 Å². The first-order valence-corrected chi connectivity index (χ1v) is 7.76. The molecule has 0 saturated carbocycles. The van der Waals surface area contributed by atoms with Crippen LogP contribution in [0, 0.1) is 17.8 Å². The Labute approximate surface area is 122 Å². The number of primary amides is 1. The maximum Gasteiger partial charge on any atom is 0.226 e. The van der Waals surface area contributed by atoms with Gasteiger partial charge >= 0.3 is 0 Å². The minimum absolute atomic E-state index is 0.109. The van der Waals surface area contributed by atoms with E-state index in [9.17, 15) is 9.59 Å². The highest BCUT2D eigenvalue weighted by Crippen LogP contribution is 2.27. The van der Waals surface area contributed by atoms with Crippen LogP contribution in [0.3, 0.4) is 0 Å². The van der Waals surface area contributed by atoms with Crippen LogP contribution >= 0.6 is 0 Å². The predicted octanol–water partition coefficient (Wildman–Crippen LogP) is 0.982. The molecule has 20 heavy (non-hydrogen) atoms. The van der Waals surface area contributed by atoms with Gasteiger partial charge in [-0.15, -0.1) is 0 Å². The van der Waals surface area contributed by atoms with Gasteiger partial charge in [0.15, 0.2) is 0 Å². The van der Waals surface area contributed by atoms with Gasteiger partial charge in [0.2, 0.25) is 11.8 Å². The molecule has 1 aliphatic rings. The third-order valence-electron chi connectivity index (χ3n) is 3.92. The van der Waals surface area contributed by atoms with Gasteiger partial charge in [-0.05, 0) is 18.8 Å². The minimum atomic E-state index is -0.332. The molecule has 1 fully saturated rings. The molecule has 1 saturated heterocycles. The second-order valence-corrected chi connectivity index (χ2v) is 6.11. The van der Waals surface area contributed by atoms with Gasteiger partial charge in [-0.25, -0.2) is 0 Å². The van der Waals surface area contributed by atoms with Crippen LogP contribution in [0.4, 0.5) is 0 Å². The Balaban J connectivity index is 2.84. The van der Waals surface area contributed by atoms with Crippen LogP contribution in [0.1, 0.15) is 40.0 Å². The Bertz CT molecular complexity index is 325. The summed E-state index contributed by atoms with van der Waals surface area (Å²) in [5.41, 5.74) is 5.54. The summed E-state index contributed by atoms with van der Waals surface area (Å²) in [5.74, 6) is -0.431. The topological polar surface area (TPSA) is 75.4 Å². The highest BCUT2D eigenvalue weighted by atomic mass is 16.2. The second kappa shape index (κ2) is 8.25. The zero-order chi connectivity index (χ0) is 15.1. The Morgan fingerprint density at radius 1 is 1.20 bits per heavy atom. The van der Waals surface area contributed by atoms with E-state index in [4.69, 9.17) is 5.73 Å². The molecule has 0 aromatic rings. The fourth-order valence-corrected chi connectivity index (χ4v) is 2.92. The first-order valence-electron chi connectivity index (χ1n) is 7.76. The number of rotatable bonds is 7. The van der Waals surface area contributed by atoms with Gasteiger partial charge in [0, 0.05) is 38.0 Å². The summed E-state index contributed by atoms with van der Waals surface area (Å²) in [4.78, 5) is 26.4. The average Bonchev–Trinajstić information content (AvgIpc) is 2.42. The largest absolute Gasteiger partial charge is 0.369 e. The molecule has 0 radical (unpaired) electrons. The molecule has 0 unspecified atom stereocenters. The SMILES string of the molecule is CCC[C@H](C(N)=O)[C@@H](CC(C)C)C(=O)N1CCNCC1. The zero-order valence-corrected chi connectivity index (χ0v) is 13.0. The lowest BCUT2D eigenvalue weighted by Gasteiger charge is -2.34. The van der Waals surface area contributed by atoms with Gasteiger partial charge in [0.1, 0.15) is 0 Å². The molecular formula is C15H29N3O2. The third kappa shape index (κ3) is 4.78. The zero-order valence-electron chi connectivity index (χ0n) is 13.0. The molecule has 0 bridgehead atoms. The minimum Gasteiger partial charge on any atom is -0.369 e. The van der Waals surface area contributed by atoms with Crippen LogP contribution in [0.5, 0.6) is 0 Å². The van der Waals surface area contributed by atoms with E-state index in [1.807, 2.05) is 11.8 Å². The Morgan fingerprint density at radius 2 is 1.80 bits per heavy atom. The van der Waals surface area contributed by atoms with Crippen LogP contribution < -0.4 is 11.1 Å². The van der Waals surface area contributed by atoms with Crippen molar-refractivity contribution in [1.82, 2.24) is 10.2 Å². The highest BCUT2D eigenvalue weighted by Gasteiger charge is 2.35. The van der Waals surface area contributed by atoms with E-state index < -0.39 is 0 Å². The molecule has 0 spiro atoms. The maximum absolute atomic E-state index is 12.7. The molecule has 2 amide bonds. The van der Waals surface area contributed by atoms with Gasteiger partial charge in [-0.3, -0.25) is 9.59 Å². The van der Waals surface area contributed by atoms with Crippen molar-refractivity contribution in [3.8, 4) is 0 Å². The number of nitrogens with one attached hydrogen (secondary N) is 1. The normalized spacial score (nSPS) is 18.9. The van der Waals surface area contributed by atoms with E-state index in [1.54, 1.807) is 0 Å². The van der Waals surface area contributed by atoms with Crippen LogP contribution in [0.2, 0.25) is 0 Å². The fraction of sp³-hybridized carbons (Fsp3) is 0.867. The van der Waals surface area contributed by atoms with Crippen molar-refractivity contribution in [1.29, 1.82) is 0 Å². The van der Waals surface area contributed by atoms with Crippen LogP contribution in [-0.2, 0) is 9.59 Å². The summed E-state index contributed by atoms with van der Waals surface area (Å²) in [6.45, 7) is 9.31. The summed E-state index contributed by atoms with van der Waals surface area (Å²) in [5, 5.41) is 3.24. The number of carbonyl (C=O) groups is 2. The molecule has 0 aliphatic carbocycles. The number of amides is 2. The molecule has 5 nitrogen and oxygen atoms in total. The Morgan fingerprint density at radius 3 is 2.25 bits per heavy atom. The summed E-state index contributed by atoms with van der Waals surface area (Å²) >= 11 is 0. The molecule has 1 heterocycles. The lowest BCUT2D eigenvalue weighted by Crippen LogP contribution is -2.50. The second-order valence-electron chi connectivity index (χ2n) is 6.11. The van der Waals surface area contributed by atoms with Crippen molar-refractivity contribution in [3.05, 3.63) is 0 Å².